The van der Waals surface area contributed by atoms with E-state index in [9.17, 15) is 4.79 Å². The van der Waals surface area contributed by atoms with Crippen LogP contribution in [0.4, 0.5) is 0 Å². The van der Waals surface area contributed by atoms with Gasteiger partial charge in [0.2, 0.25) is 5.91 Å². The number of piperidine rings is 1. The predicted octanol–water partition coefficient (Wildman–Crippen LogP) is 1.40. The zero-order valence-corrected chi connectivity index (χ0v) is 14.9. The number of nitrogens with zero attached hydrogens (tertiary/aromatic N) is 3. The molecule has 2 fully saturated rings. The molecule has 0 bridgehead atoms. The van der Waals surface area contributed by atoms with Crippen molar-refractivity contribution < 1.29 is 4.79 Å². The first-order valence-electron chi connectivity index (χ1n) is 9.25. The van der Waals surface area contributed by atoms with Crippen LogP contribution in [0.3, 0.4) is 0 Å². The summed E-state index contributed by atoms with van der Waals surface area (Å²) >= 11 is 0. The number of rotatable bonds is 6. The molecule has 1 unspecified atom stereocenters. The Bertz CT molecular complexity index is 523. The third-order valence-electron chi connectivity index (χ3n) is 5.77. The lowest BCUT2D eigenvalue weighted by atomic mass is 9.87. The number of hydrogen-bond donors (Lipinski definition) is 1. The molecule has 2 aliphatic heterocycles. The van der Waals surface area contributed by atoms with Crippen molar-refractivity contribution >= 4 is 5.91 Å². The summed E-state index contributed by atoms with van der Waals surface area (Å²) in [5.41, 5.74) is 1.16. The Balaban J connectivity index is 1.41. The summed E-state index contributed by atoms with van der Waals surface area (Å²) < 4.78 is 0. The SMILES string of the molecule is CC(C(=O)N(C)C1CCN(CCc2ccccn2)CC1)C1CNC1. The van der Waals surface area contributed by atoms with E-state index < -0.39 is 0 Å². The molecule has 3 rings (SSSR count). The highest BCUT2D eigenvalue weighted by atomic mass is 16.2. The highest BCUT2D eigenvalue weighted by Gasteiger charge is 2.33. The number of aromatic nitrogens is 1. The smallest absolute Gasteiger partial charge is 0.225 e. The number of amides is 1. The van der Waals surface area contributed by atoms with Gasteiger partial charge in [-0.1, -0.05) is 13.0 Å². The average Bonchev–Trinajstić information content (AvgIpc) is 2.58. The Morgan fingerprint density at radius 1 is 1.38 bits per heavy atom. The van der Waals surface area contributed by atoms with E-state index in [1.54, 1.807) is 0 Å². The summed E-state index contributed by atoms with van der Waals surface area (Å²) in [4.78, 5) is 21.6. The number of pyridine rings is 1. The third kappa shape index (κ3) is 4.14. The van der Waals surface area contributed by atoms with Crippen LogP contribution < -0.4 is 5.32 Å². The molecule has 1 aromatic heterocycles. The largest absolute Gasteiger partial charge is 0.342 e. The van der Waals surface area contributed by atoms with Crippen LogP contribution in [0.25, 0.3) is 0 Å². The molecule has 1 N–H and O–H groups in total. The van der Waals surface area contributed by atoms with E-state index in [0.29, 0.717) is 17.9 Å². The van der Waals surface area contributed by atoms with Crippen LogP contribution in [-0.4, -0.2) is 66.5 Å². The molecular formula is C19H30N4O. The fourth-order valence-corrected chi connectivity index (χ4v) is 3.72. The van der Waals surface area contributed by atoms with Crippen LogP contribution in [0.2, 0.25) is 0 Å². The number of hydrogen-bond acceptors (Lipinski definition) is 4. The third-order valence-corrected chi connectivity index (χ3v) is 5.77. The monoisotopic (exact) mass is 330 g/mol. The van der Waals surface area contributed by atoms with Gasteiger partial charge in [-0.25, -0.2) is 0 Å². The van der Waals surface area contributed by atoms with Gasteiger partial charge in [-0.2, -0.15) is 0 Å². The first-order valence-corrected chi connectivity index (χ1v) is 9.25. The minimum atomic E-state index is 0.151. The lowest BCUT2D eigenvalue weighted by Gasteiger charge is -2.40. The second-order valence-electron chi connectivity index (χ2n) is 7.30. The molecule has 0 spiro atoms. The van der Waals surface area contributed by atoms with E-state index in [2.05, 4.69) is 28.2 Å². The molecule has 2 saturated heterocycles. The topological polar surface area (TPSA) is 48.5 Å². The quantitative estimate of drug-likeness (QED) is 0.857. The van der Waals surface area contributed by atoms with Crippen molar-refractivity contribution in [3.05, 3.63) is 30.1 Å². The Labute approximate surface area is 145 Å². The molecular weight excluding hydrogens is 300 g/mol. The zero-order valence-electron chi connectivity index (χ0n) is 14.9. The van der Waals surface area contributed by atoms with Gasteiger partial charge in [0.25, 0.3) is 0 Å². The Hall–Kier alpha value is -1.46. The minimum absolute atomic E-state index is 0.151. The highest BCUT2D eigenvalue weighted by molar-refractivity contribution is 5.79. The molecule has 0 saturated carbocycles. The molecule has 2 aliphatic rings. The Morgan fingerprint density at radius 3 is 2.71 bits per heavy atom. The average molecular weight is 330 g/mol. The van der Waals surface area contributed by atoms with Gasteiger partial charge in [-0.05, 0) is 44.0 Å². The van der Waals surface area contributed by atoms with Crippen LogP contribution >= 0.6 is 0 Å². The van der Waals surface area contributed by atoms with E-state index in [1.165, 1.54) is 0 Å². The molecule has 1 atom stereocenters. The summed E-state index contributed by atoms with van der Waals surface area (Å²) in [5, 5.41) is 3.27. The molecule has 132 valence electrons. The molecule has 3 heterocycles. The first kappa shape index (κ1) is 17.4. The fraction of sp³-hybridized carbons (Fsp3) is 0.684. The van der Waals surface area contributed by atoms with Gasteiger partial charge in [-0.3, -0.25) is 9.78 Å². The van der Waals surface area contributed by atoms with Crippen molar-refractivity contribution in [2.75, 3.05) is 39.8 Å². The molecule has 24 heavy (non-hydrogen) atoms. The van der Waals surface area contributed by atoms with Crippen LogP contribution in [0.15, 0.2) is 24.4 Å². The Kier molecular flexibility index (Phi) is 5.85. The van der Waals surface area contributed by atoms with Gasteiger partial charge in [0, 0.05) is 57.0 Å². The molecule has 0 aliphatic carbocycles. The van der Waals surface area contributed by atoms with E-state index >= 15 is 0 Å². The molecule has 1 aromatic rings. The van der Waals surface area contributed by atoms with Crippen LogP contribution in [0.1, 0.15) is 25.5 Å². The normalized spacial score (nSPS) is 21.2. The van der Waals surface area contributed by atoms with Crippen molar-refractivity contribution in [3.8, 4) is 0 Å². The maximum atomic E-state index is 12.6. The van der Waals surface area contributed by atoms with Crippen LogP contribution in [0, 0.1) is 11.8 Å². The van der Waals surface area contributed by atoms with Crippen molar-refractivity contribution in [2.24, 2.45) is 11.8 Å². The summed E-state index contributed by atoms with van der Waals surface area (Å²) in [7, 11) is 2.00. The molecule has 0 radical (unpaired) electrons. The highest BCUT2D eigenvalue weighted by Crippen LogP contribution is 2.22. The lowest BCUT2D eigenvalue weighted by molar-refractivity contribution is -0.139. The van der Waals surface area contributed by atoms with Crippen molar-refractivity contribution in [2.45, 2.75) is 32.2 Å². The minimum Gasteiger partial charge on any atom is -0.342 e. The molecule has 0 aromatic carbocycles. The summed E-state index contributed by atoms with van der Waals surface area (Å²) in [5.74, 6) is 1.00. The van der Waals surface area contributed by atoms with Crippen LogP contribution in [0.5, 0.6) is 0 Å². The van der Waals surface area contributed by atoms with Gasteiger partial charge >= 0.3 is 0 Å². The van der Waals surface area contributed by atoms with Gasteiger partial charge < -0.3 is 15.1 Å². The fourth-order valence-electron chi connectivity index (χ4n) is 3.72. The second kappa shape index (κ2) is 8.08. The van der Waals surface area contributed by atoms with Crippen molar-refractivity contribution in [3.63, 3.8) is 0 Å². The number of nitrogens with one attached hydrogen (secondary N) is 1. The standard InChI is InChI=1S/C19H30N4O/c1-15(16-13-20-14-16)19(24)22(2)18-7-11-23(12-8-18)10-6-17-5-3-4-9-21-17/h3-5,9,15-16,18,20H,6-8,10-14H2,1-2H3. The molecule has 5 heteroatoms. The maximum Gasteiger partial charge on any atom is 0.225 e. The van der Waals surface area contributed by atoms with E-state index in [-0.39, 0.29) is 5.92 Å². The van der Waals surface area contributed by atoms with Crippen LogP contribution in [-0.2, 0) is 11.2 Å². The number of carbonyl (C=O) groups is 1. The summed E-state index contributed by atoms with van der Waals surface area (Å²) in [6.07, 6.45) is 5.03. The number of likely N-dealkylation sites (tertiary alicyclic amines) is 1. The zero-order chi connectivity index (χ0) is 16.9. The van der Waals surface area contributed by atoms with E-state index in [0.717, 1.165) is 57.7 Å². The van der Waals surface area contributed by atoms with Crippen molar-refractivity contribution in [1.82, 2.24) is 20.1 Å². The predicted molar refractivity (Wildman–Crippen MR) is 95.7 cm³/mol. The summed E-state index contributed by atoms with van der Waals surface area (Å²) in [6, 6.07) is 6.51. The van der Waals surface area contributed by atoms with Gasteiger partial charge in [0.05, 0.1) is 0 Å². The summed E-state index contributed by atoms with van der Waals surface area (Å²) in [6.45, 7) is 7.29. The van der Waals surface area contributed by atoms with E-state index in [1.807, 2.05) is 30.3 Å². The number of carbonyl (C=O) groups excluding carboxylic acids is 1. The maximum absolute atomic E-state index is 12.6. The van der Waals surface area contributed by atoms with Gasteiger partial charge in [0.15, 0.2) is 0 Å². The Morgan fingerprint density at radius 2 is 2.12 bits per heavy atom. The van der Waals surface area contributed by atoms with E-state index in [4.69, 9.17) is 0 Å². The second-order valence-corrected chi connectivity index (χ2v) is 7.30. The molecule has 1 amide bonds. The lowest BCUT2D eigenvalue weighted by Crippen LogP contribution is -2.52. The van der Waals surface area contributed by atoms with Gasteiger partial charge in [-0.15, -0.1) is 0 Å². The van der Waals surface area contributed by atoms with Gasteiger partial charge in [0.1, 0.15) is 0 Å². The molecule has 5 nitrogen and oxygen atoms in total. The van der Waals surface area contributed by atoms with Crippen molar-refractivity contribution in [1.29, 1.82) is 0 Å². The first-order chi connectivity index (χ1) is 11.6.